The molecule has 2 rings (SSSR count). The maximum Gasteiger partial charge on any atom is 0.157 e. The molecule has 2 aromatic rings. The highest BCUT2D eigenvalue weighted by Crippen LogP contribution is 2.22. The van der Waals surface area contributed by atoms with Gasteiger partial charge in [-0.15, -0.1) is 0 Å². The maximum absolute atomic E-state index is 6.23. The number of nitrogens with zero attached hydrogens (tertiary/aromatic N) is 4. The minimum absolute atomic E-state index is 0.323. The van der Waals surface area contributed by atoms with Crippen LogP contribution in [0, 0.1) is 6.92 Å². The third kappa shape index (κ3) is 2.92. The van der Waals surface area contributed by atoms with Crippen molar-refractivity contribution >= 4 is 11.6 Å². The van der Waals surface area contributed by atoms with Crippen molar-refractivity contribution in [1.82, 2.24) is 19.6 Å². The van der Waals surface area contributed by atoms with E-state index in [1.54, 1.807) is 6.20 Å². The number of hydrogen-bond acceptors (Lipinski definition) is 3. The van der Waals surface area contributed by atoms with Crippen LogP contribution in [0.2, 0.25) is 5.02 Å². The zero-order chi connectivity index (χ0) is 14.0. The lowest BCUT2D eigenvalue weighted by molar-refractivity contribution is 0.292. The molecule has 0 spiro atoms. The Morgan fingerprint density at radius 3 is 2.74 bits per heavy atom. The lowest BCUT2D eigenvalue weighted by Gasteiger charge is -2.07. The van der Waals surface area contributed by atoms with Gasteiger partial charge in [0, 0.05) is 12.6 Å². The highest BCUT2D eigenvalue weighted by Gasteiger charge is 2.13. The number of aromatic nitrogens is 4. The molecule has 0 aromatic carbocycles. The van der Waals surface area contributed by atoms with E-state index < -0.39 is 0 Å². The van der Waals surface area contributed by atoms with Crippen molar-refractivity contribution in [3.8, 4) is 5.75 Å². The summed E-state index contributed by atoms with van der Waals surface area (Å²) in [6, 6.07) is 0.323. The lowest BCUT2D eigenvalue weighted by Crippen LogP contribution is -2.06. The minimum atomic E-state index is 0.323. The molecule has 0 aliphatic rings. The number of halogens is 1. The molecule has 2 aromatic heterocycles. The van der Waals surface area contributed by atoms with Crippen molar-refractivity contribution in [3.05, 3.63) is 28.8 Å². The quantitative estimate of drug-likeness (QED) is 0.846. The molecule has 6 heteroatoms. The third-order valence-electron chi connectivity index (χ3n) is 2.94. The van der Waals surface area contributed by atoms with E-state index in [0.717, 1.165) is 23.7 Å². The van der Waals surface area contributed by atoms with Gasteiger partial charge < -0.3 is 4.74 Å². The van der Waals surface area contributed by atoms with Gasteiger partial charge in [0.15, 0.2) is 5.75 Å². The smallest absolute Gasteiger partial charge is 0.157 e. The molecule has 0 atom stereocenters. The Morgan fingerprint density at radius 2 is 2.16 bits per heavy atom. The van der Waals surface area contributed by atoms with Gasteiger partial charge in [-0.1, -0.05) is 11.6 Å². The van der Waals surface area contributed by atoms with Crippen LogP contribution in [-0.4, -0.2) is 19.6 Å². The van der Waals surface area contributed by atoms with Gasteiger partial charge in [0.25, 0.3) is 0 Å². The number of ether oxygens (including phenoxy) is 1. The van der Waals surface area contributed by atoms with Crippen LogP contribution in [0.3, 0.4) is 0 Å². The first-order valence-corrected chi connectivity index (χ1v) is 6.79. The summed E-state index contributed by atoms with van der Waals surface area (Å²) >= 11 is 6.23. The molecule has 5 nitrogen and oxygen atoms in total. The Hall–Kier alpha value is -1.49. The van der Waals surface area contributed by atoms with Gasteiger partial charge in [-0.3, -0.25) is 9.36 Å². The average molecular weight is 283 g/mol. The molecule has 0 N–H and O–H groups in total. The van der Waals surface area contributed by atoms with Crippen LogP contribution in [0.25, 0.3) is 0 Å². The van der Waals surface area contributed by atoms with Crippen LogP contribution in [0.1, 0.15) is 38.2 Å². The molecular weight excluding hydrogens is 264 g/mol. The number of rotatable bonds is 5. The summed E-state index contributed by atoms with van der Waals surface area (Å²) in [6.45, 7) is 9.25. The van der Waals surface area contributed by atoms with Crippen molar-refractivity contribution in [2.75, 3.05) is 0 Å². The predicted molar refractivity (Wildman–Crippen MR) is 74.6 cm³/mol. The van der Waals surface area contributed by atoms with Gasteiger partial charge in [-0.2, -0.15) is 10.2 Å². The fourth-order valence-electron chi connectivity index (χ4n) is 1.84. The van der Waals surface area contributed by atoms with Gasteiger partial charge >= 0.3 is 0 Å². The first-order chi connectivity index (χ1) is 9.02. The van der Waals surface area contributed by atoms with E-state index in [1.165, 1.54) is 0 Å². The van der Waals surface area contributed by atoms with E-state index in [4.69, 9.17) is 16.3 Å². The molecule has 104 valence electrons. The van der Waals surface area contributed by atoms with Crippen LogP contribution >= 0.6 is 11.6 Å². The summed E-state index contributed by atoms with van der Waals surface area (Å²) in [4.78, 5) is 0. The monoisotopic (exact) mass is 282 g/mol. The summed E-state index contributed by atoms with van der Waals surface area (Å²) in [7, 11) is 0. The largest absolute Gasteiger partial charge is 0.484 e. The fraction of sp³-hybridized carbons (Fsp3) is 0.538. The second-order valence-electron chi connectivity index (χ2n) is 4.70. The van der Waals surface area contributed by atoms with E-state index in [-0.39, 0.29) is 0 Å². The summed E-state index contributed by atoms with van der Waals surface area (Å²) in [5.74, 6) is 0.742. The van der Waals surface area contributed by atoms with Crippen molar-refractivity contribution in [1.29, 1.82) is 0 Å². The van der Waals surface area contributed by atoms with Gasteiger partial charge in [-0.25, -0.2) is 0 Å². The predicted octanol–water partition coefficient (Wildman–Crippen LogP) is 3.22. The van der Waals surface area contributed by atoms with E-state index in [9.17, 15) is 0 Å². The molecule has 0 unspecified atom stereocenters. The maximum atomic E-state index is 6.23. The highest BCUT2D eigenvalue weighted by molar-refractivity contribution is 6.31. The Morgan fingerprint density at radius 1 is 1.42 bits per heavy atom. The molecule has 0 radical (unpaired) electrons. The van der Waals surface area contributed by atoms with Gasteiger partial charge in [0.05, 0.1) is 28.8 Å². The van der Waals surface area contributed by atoms with E-state index >= 15 is 0 Å². The topological polar surface area (TPSA) is 44.9 Å². The molecule has 0 saturated heterocycles. The van der Waals surface area contributed by atoms with Gasteiger partial charge in [0.2, 0.25) is 0 Å². The minimum Gasteiger partial charge on any atom is -0.484 e. The standard InChI is InChI=1S/C13H19ClN4O/c1-5-17-12(13(14)10(4)16-17)8-19-11-6-15-18(7-11)9(2)3/h6-7,9H,5,8H2,1-4H3. The van der Waals surface area contributed by atoms with Crippen LogP contribution < -0.4 is 4.74 Å². The van der Waals surface area contributed by atoms with Crippen LogP contribution in [0.4, 0.5) is 0 Å². The molecule has 0 amide bonds. The van der Waals surface area contributed by atoms with E-state index in [0.29, 0.717) is 17.7 Å². The van der Waals surface area contributed by atoms with Crippen LogP contribution in [-0.2, 0) is 13.2 Å². The highest BCUT2D eigenvalue weighted by atomic mass is 35.5. The van der Waals surface area contributed by atoms with Gasteiger partial charge in [-0.05, 0) is 27.7 Å². The van der Waals surface area contributed by atoms with Crippen molar-refractivity contribution in [2.45, 2.75) is 46.9 Å². The average Bonchev–Trinajstić information content (AvgIpc) is 2.94. The Kier molecular flexibility index (Phi) is 4.14. The Bertz CT molecular complexity index is 559. The summed E-state index contributed by atoms with van der Waals surface area (Å²) in [6.07, 6.45) is 3.60. The van der Waals surface area contributed by atoms with E-state index in [1.807, 2.05) is 29.4 Å². The number of hydrogen-bond donors (Lipinski definition) is 0. The zero-order valence-corrected chi connectivity index (χ0v) is 12.5. The molecule has 0 fully saturated rings. The first-order valence-electron chi connectivity index (χ1n) is 6.41. The van der Waals surface area contributed by atoms with Gasteiger partial charge in [0.1, 0.15) is 6.61 Å². The van der Waals surface area contributed by atoms with Crippen molar-refractivity contribution in [3.63, 3.8) is 0 Å². The third-order valence-corrected chi connectivity index (χ3v) is 3.43. The normalized spacial score (nSPS) is 11.3. The van der Waals surface area contributed by atoms with Crippen molar-refractivity contribution in [2.24, 2.45) is 0 Å². The lowest BCUT2D eigenvalue weighted by atomic mass is 10.4. The summed E-state index contributed by atoms with van der Waals surface area (Å²) in [5.41, 5.74) is 1.74. The number of aryl methyl sites for hydroxylation is 2. The molecule has 2 heterocycles. The van der Waals surface area contributed by atoms with Crippen molar-refractivity contribution < 1.29 is 4.74 Å². The summed E-state index contributed by atoms with van der Waals surface area (Å²) < 4.78 is 9.46. The first kappa shape index (κ1) is 13.9. The SMILES string of the molecule is CCn1nc(C)c(Cl)c1COc1cnn(C(C)C)c1. The molecule has 0 saturated carbocycles. The molecular formula is C13H19ClN4O. The second-order valence-corrected chi connectivity index (χ2v) is 5.08. The fourth-order valence-corrected chi connectivity index (χ4v) is 2.03. The van der Waals surface area contributed by atoms with E-state index in [2.05, 4.69) is 24.0 Å². The molecule has 0 aliphatic carbocycles. The Balaban J connectivity index is 2.09. The second kappa shape index (κ2) is 5.65. The molecule has 0 aliphatic heterocycles. The zero-order valence-electron chi connectivity index (χ0n) is 11.7. The summed E-state index contributed by atoms with van der Waals surface area (Å²) in [5, 5.41) is 9.27. The Labute approximate surface area is 118 Å². The van der Waals surface area contributed by atoms with Crippen LogP contribution in [0.15, 0.2) is 12.4 Å². The van der Waals surface area contributed by atoms with Crippen LogP contribution in [0.5, 0.6) is 5.75 Å². The molecule has 19 heavy (non-hydrogen) atoms. The molecule has 0 bridgehead atoms.